The lowest BCUT2D eigenvalue weighted by Gasteiger charge is -2.34. The van der Waals surface area contributed by atoms with E-state index in [-0.39, 0.29) is 18.3 Å². The highest BCUT2D eigenvalue weighted by Gasteiger charge is 2.38. The molecule has 2 heterocycles. The summed E-state index contributed by atoms with van der Waals surface area (Å²) < 4.78 is 5.17. The summed E-state index contributed by atoms with van der Waals surface area (Å²) in [5.74, 6) is 1.02. The topological polar surface area (TPSA) is 94.0 Å². The molecule has 0 aliphatic heterocycles. The average molecular weight is 329 g/mol. The van der Waals surface area contributed by atoms with Crippen LogP contribution >= 0.6 is 23.7 Å². The van der Waals surface area contributed by atoms with Crippen LogP contribution < -0.4 is 11.1 Å². The molecule has 1 aliphatic rings. The van der Waals surface area contributed by atoms with Crippen molar-refractivity contribution in [3.05, 3.63) is 34.1 Å². The highest BCUT2D eigenvalue weighted by Crippen LogP contribution is 2.36. The summed E-state index contributed by atoms with van der Waals surface area (Å²) in [6.45, 7) is 0.466. The highest BCUT2D eigenvalue weighted by molar-refractivity contribution is 7.08. The fourth-order valence-corrected chi connectivity index (χ4v) is 2.75. The quantitative estimate of drug-likeness (QED) is 0.873. The summed E-state index contributed by atoms with van der Waals surface area (Å²) in [4.78, 5) is 16.0. The number of amides is 1. The van der Waals surface area contributed by atoms with Gasteiger partial charge in [0.05, 0.1) is 5.54 Å². The molecule has 0 saturated heterocycles. The van der Waals surface area contributed by atoms with Gasteiger partial charge in [0.15, 0.2) is 5.82 Å². The van der Waals surface area contributed by atoms with Gasteiger partial charge in [0, 0.05) is 23.9 Å². The van der Waals surface area contributed by atoms with Crippen LogP contribution in [0, 0.1) is 0 Å². The second-order valence-corrected chi connectivity index (χ2v) is 5.82. The van der Waals surface area contributed by atoms with Gasteiger partial charge < -0.3 is 15.6 Å². The number of carbonyl (C=O) groups excluding carboxylic acids is 1. The second kappa shape index (κ2) is 6.55. The van der Waals surface area contributed by atoms with E-state index in [1.807, 2.05) is 10.8 Å². The van der Waals surface area contributed by atoms with Crippen molar-refractivity contribution in [3.8, 4) is 0 Å². The summed E-state index contributed by atoms with van der Waals surface area (Å²) >= 11 is 1.50. The molecule has 0 aromatic carbocycles. The van der Waals surface area contributed by atoms with Gasteiger partial charge in [-0.05, 0) is 30.7 Å². The van der Waals surface area contributed by atoms with Crippen molar-refractivity contribution in [1.29, 1.82) is 0 Å². The molecule has 0 atom stereocenters. The SMILES string of the molecule is Cl.NC1(c2noc(CCNC(=O)c3ccsc3)n2)CCC1. The van der Waals surface area contributed by atoms with E-state index in [9.17, 15) is 4.79 Å². The van der Waals surface area contributed by atoms with Crippen molar-refractivity contribution < 1.29 is 9.32 Å². The molecule has 8 heteroatoms. The van der Waals surface area contributed by atoms with Gasteiger partial charge in [0.1, 0.15) is 0 Å². The van der Waals surface area contributed by atoms with E-state index in [0.717, 1.165) is 19.3 Å². The minimum absolute atomic E-state index is 0. The van der Waals surface area contributed by atoms with E-state index >= 15 is 0 Å². The minimum Gasteiger partial charge on any atom is -0.351 e. The molecule has 114 valence electrons. The standard InChI is InChI=1S/C13H16N4O2S.ClH/c14-13(4-1-5-13)12-16-10(19-17-12)2-6-15-11(18)9-3-7-20-8-9;/h3,7-8H,1-2,4-6,14H2,(H,15,18);1H. The number of hydrogen-bond acceptors (Lipinski definition) is 6. The van der Waals surface area contributed by atoms with Crippen LogP contribution in [-0.2, 0) is 12.0 Å². The van der Waals surface area contributed by atoms with Gasteiger partial charge in [0.25, 0.3) is 5.91 Å². The molecule has 21 heavy (non-hydrogen) atoms. The molecule has 2 aromatic heterocycles. The number of nitrogens with one attached hydrogen (secondary N) is 1. The Morgan fingerprint density at radius 2 is 2.33 bits per heavy atom. The molecule has 0 spiro atoms. The van der Waals surface area contributed by atoms with Crippen molar-refractivity contribution in [1.82, 2.24) is 15.5 Å². The van der Waals surface area contributed by atoms with E-state index in [0.29, 0.717) is 30.2 Å². The lowest BCUT2D eigenvalue weighted by molar-refractivity contribution is 0.0954. The Morgan fingerprint density at radius 3 is 2.95 bits per heavy atom. The average Bonchev–Trinajstić information content (AvgIpc) is 3.07. The molecule has 1 fully saturated rings. The summed E-state index contributed by atoms with van der Waals surface area (Å²) in [5, 5.41) is 10.4. The molecule has 3 N–H and O–H groups in total. The molecule has 1 aliphatic carbocycles. The summed E-state index contributed by atoms with van der Waals surface area (Å²) in [5.41, 5.74) is 6.40. The third-order valence-electron chi connectivity index (χ3n) is 3.57. The number of halogens is 1. The Morgan fingerprint density at radius 1 is 1.52 bits per heavy atom. The molecular formula is C13H17ClN4O2S. The van der Waals surface area contributed by atoms with E-state index in [1.165, 1.54) is 11.3 Å². The number of thiophene rings is 1. The van der Waals surface area contributed by atoms with Gasteiger partial charge in [-0.1, -0.05) is 5.16 Å². The predicted octanol–water partition coefficient (Wildman–Crippen LogP) is 1.86. The number of rotatable bonds is 5. The molecule has 0 unspecified atom stereocenters. The van der Waals surface area contributed by atoms with Crippen LogP contribution in [-0.4, -0.2) is 22.6 Å². The van der Waals surface area contributed by atoms with E-state index in [2.05, 4.69) is 15.5 Å². The number of carbonyl (C=O) groups is 1. The van der Waals surface area contributed by atoms with E-state index in [4.69, 9.17) is 10.3 Å². The van der Waals surface area contributed by atoms with Crippen LogP contribution in [0.5, 0.6) is 0 Å². The minimum atomic E-state index is -0.401. The molecule has 0 bridgehead atoms. The normalized spacial score (nSPS) is 15.9. The lowest BCUT2D eigenvalue weighted by atomic mass is 9.77. The zero-order valence-corrected chi connectivity index (χ0v) is 13.0. The first kappa shape index (κ1) is 15.9. The summed E-state index contributed by atoms with van der Waals surface area (Å²) in [7, 11) is 0. The van der Waals surface area contributed by atoms with E-state index < -0.39 is 5.54 Å². The second-order valence-electron chi connectivity index (χ2n) is 5.04. The van der Waals surface area contributed by atoms with Crippen LogP contribution in [0.15, 0.2) is 21.3 Å². The summed E-state index contributed by atoms with van der Waals surface area (Å²) in [6, 6.07) is 1.79. The smallest absolute Gasteiger partial charge is 0.252 e. The zero-order chi connectivity index (χ0) is 14.0. The fourth-order valence-electron chi connectivity index (χ4n) is 2.12. The van der Waals surface area contributed by atoms with Gasteiger partial charge >= 0.3 is 0 Å². The van der Waals surface area contributed by atoms with Gasteiger partial charge in [-0.2, -0.15) is 16.3 Å². The van der Waals surface area contributed by atoms with Gasteiger partial charge in [-0.15, -0.1) is 12.4 Å². The molecule has 1 amide bonds. The Labute approximate surface area is 132 Å². The first-order valence-corrected chi connectivity index (χ1v) is 7.54. The van der Waals surface area contributed by atoms with Crippen LogP contribution in [0.3, 0.4) is 0 Å². The molecule has 2 aromatic rings. The molecule has 0 radical (unpaired) electrons. The predicted molar refractivity (Wildman–Crippen MR) is 81.6 cm³/mol. The Kier molecular flexibility index (Phi) is 4.97. The van der Waals surface area contributed by atoms with Crippen molar-refractivity contribution >= 4 is 29.7 Å². The van der Waals surface area contributed by atoms with Crippen LogP contribution in [0.2, 0.25) is 0 Å². The van der Waals surface area contributed by atoms with Crippen molar-refractivity contribution in [2.24, 2.45) is 5.73 Å². The summed E-state index contributed by atoms with van der Waals surface area (Å²) in [6.07, 6.45) is 3.43. The van der Waals surface area contributed by atoms with Crippen LogP contribution in [0.4, 0.5) is 0 Å². The van der Waals surface area contributed by atoms with Crippen LogP contribution in [0.25, 0.3) is 0 Å². The third-order valence-corrected chi connectivity index (χ3v) is 4.25. The maximum atomic E-state index is 11.7. The third kappa shape index (κ3) is 3.42. The molecule has 1 saturated carbocycles. The Balaban J connectivity index is 0.00000161. The van der Waals surface area contributed by atoms with Crippen molar-refractivity contribution in [2.45, 2.75) is 31.2 Å². The van der Waals surface area contributed by atoms with E-state index in [1.54, 1.807) is 6.07 Å². The molecular weight excluding hydrogens is 312 g/mol. The fraction of sp³-hybridized carbons (Fsp3) is 0.462. The number of nitrogens with zero attached hydrogens (tertiary/aromatic N) is 2. The largest absolute Gasteiger partial charge is 0.351 e. The Bertz CT molecular complexity index is 595. The van der Waals surface area contributed by atoms with Crippen molar-refractivity contribution in [2.75, 3.05) is 6.54 Å². The number of nitrogens with two attached hydrogens (primary N) is 1. The molecule has 3 rings (SSSR count). The van der Waals surface area contributed by atoms with Gasteiger partial charge in [-0.3, -0.25) is 4.79 Å². The van der Waals surface area contributed by atoms with Gasteiger partial charge in [0.2, 0.25) is 5.89 Å². The number of hydrogen-bond donors (Lipinski definition) is 2. The van der Waals surface area contributed by atoms with Crippen molar-refractivity contribution in [3.63, 3.8) is 0 Å². The van der Waals surface area contributed by atoms with Gasteiger partial charge in [-0.25, -0.2) is 0 Å². The molecule has 6 nitrogen and oxygen atoms in total. The Hall–Kier alpha value is -1.44. The first-order valence-electron chi connectivity index (χ1n) is 6.60. The van der Waals surface area contributed by atoms with Crippen LogP contribution in [0.1, 0.15) is 41.3 Å². The first-order chi connectivity index (χ1) is 9.67. The zero-order valence-electron chi connectivity index (χ0n) is 11.4. The maximum absolute atomic E-state index is 11.7. The monoisotopic (exact) mass is 328 g/mol. The highest BCUT2D eigenvalue weighted by atomic mass is 35.5. The lowest BCUT2D eigenvalue weighted by Crippen LogP contribution is -2.44. The number of aromatic nitrogens is 2. The maximum Gasteiger partial charge on any atom is 0.252 e.